The molecule has 1 fully saturated rings. The van der Waals surface area contributed by atoms with Gasteiger partial charge in [0.15, 0.2) is 0 Å². The molecule has 2 aromatic rings. The Labute approximate surface area is 201 Å². The fourth-order valence-electron chi connectivity index (χ4n) is 3.87. The molecule has 1 atom stereocenters. The van der Waals surface area contributed by atoms with Crippen molar-refractivity contribution < 1.29 is 22.8 Å². The Morgan fingerprint density at radius 3 is 2.76 bits per heavy atom. The van der Waals surface area contributed by atoms with Crippen molar-refractivity contribution in [2.45, 2.75) is 58.3 Å². The SMILES string of the molecule is CCCCn1nc(C)c(/C=C/C(=O)NC(CN2CCCC2=O)c2cccc(C(F)(F)F)c2)c1Cl. The van der Waals surface area contributed by atoms with Crippen molar-refractivity contribution >= 4 is 29.5 Å². The Morgan fingerprint density at radius 2 is 2.12 bits per heavy atom. The number of aryl methyl sites for hydroxylation is 2. The number of alkyl halides is 3. The molecule has 1 N–H and O–H groups in total. The van der Waals surface area contributed by atoms with Gasteiger partial charge in [0, 0.05) is 37.7 Å². The highest BCUT2D eigenvalue weighted by atomic mass is 35.5. The van der Waals surface area contributed by atoms with Gasteiger partial charge in [-0.3, -0.25) is 14.3 Å². The predicted octanol–water partition coefficient (Wildman–Crippen LogP) is 5.16. The van der Waals surface area contributed by atoms with Gasteiger partial charge in [-0.1, -0.05) is 37.1 Å². The van der Waals surface area contributed by atoms with E-state index in [-0.39, 0.29) is 18.0 Å². The summed E-state index contributed by atoms with van der Waals surface area (Å²) in [5.74, 6) is -0.588. The zero-order valence-corrected chi connectivity index (χ0v) is 19.9. The summed E-state index contributed by atoms with van der Waals surface area (Å²) in [5.41, 5.74) is 0.743. The number of nitrogens with zero attached hydrogens (tertiary/aromatic N) is 3. The molecular formula is C24H28ClF3N4O2. The third-order valence-electron chi connectivity index (χ3n) is 5.74. The number of hydrogen-bond donors (Lipinski definition) is 1. The second-order valence-corrected chi connectivity index (χ2v) is 8.69. The molecule has 1 aliphatic heterocycles. The number of aromatic nitrogens is 2. The molecular weight excluding hydrogens is 469 g/mol. The minimum absolute atomic E-state index is 0.0799. The molecule has 2 amide bonds. The lowest BCUT2D eigenvalue weighted by molar-refractivity contribution is -0.137. The minimum atomic E-state index is -4.51. The first-order valence-corrected chi connectivity index (χ1v) is 11.6. The molecule has 2 heterocycles. The fraction of sp³-hybridized carbons (Fsp3) is 0.458. The van der Waals surface area contributed by atoms with Crippen LogP contribution in [0.5, 0.6) is 0 Å². The quantitative estimate of drug-likeness (QED) is 0.488. The van der Waals surface area contributed by atoms with E-state index in [1.807, 2.05) is 0 Å². The maximum absolute atomic E-state index is 13.2. The monoisotopic (exact) mass is 496 g/mol. The van der Waals surface area contributed by atoms with Crippen molar-refractivity contribution in [3.05, 3.63) is 57.9 Å². The summed E-state index contributed by atoms with van der Waals surface area (Å²) in [4.78, 5) is 26.4. The molecule has 0 radical (unpaired) electrons. The number of unbranched alkanes of at least 4 members (excludes halogenated alkanes) is 1. The van der Waals surface area contributed by atoms with E-state index in [9.17, 15) is 22.8 Å². The normalized spacial score (nSPS) is 15.4. The number of nitrogens with one attached hydrogen (secondary N) is 1. The highest BCUT2D eigenvalue weighted by Gasteiger charge is 2.32. The zero-order chi connectivity index (χ0) is 24.9. The van der Waals surface area contributed by atoms with E-state index in [1.165, 1.54) is 18.2 Å². The first-order chi connectivity index (χ1) is 16.1. The number of benzene rings is 1. The second-order valence-electron chi connectivity index (χ2n) is 8.33. The molecule has 184 valence electrons. The Bertz CT molecular complexity index is 1060. The first-order valence-electron chi connectivity index (χ1n) is 11.3. The van der Waals surface area contributed by atoms with Crippen LogP contribution >= 0.6 is 11.6 Å². The standard InChI is InChI=1S/C24H28ClF3N4O2/c1-3-4-13-32-23(25)19(16(2)30-32)10-11-21(33)29-20(15-31-12-6-9-22(31)34)17-7-5-8-18(14-17)24(26,27)28/h5,7-8,10-11,14,20H,3-4,6,9,12-13,15H2,1-2H3,(H,29,33)/b11-10+. The van der Waals surface area contributed by atoms with Gasteiger partial charge in [0.1, 0.15) is 5.15 Å². The van der Waals surface area contributed by atoms with Crippen LogP contribution in [0.4, 0.5) is 13.2 Å². The smallest absolute Gasteiger partial charge is 0.344 e. The van der Waals surface area contributed by atoms with Gasteiger partial charge in [0.25, 0.3) is 0 Å². The van der Waals surface area contributed by atoms with Gasteiger partial charge >= 0.3 is 6.18 Å². The first kappa shape index (κ1) is 25.8. The van der Waals surface area contributed by atoms with Crippen molar-refractivity contribution in [2.24, 2.45) is 0 Å². The maximum Gasteiger partial charge on any atom is 0.416 e. The molecule has 1 aromatic carbocycles. The van der Waals surface area contributed by atoms with Crippen LogP contribution in [0.2, 0.25) is 5.15 Å². The van der Waals surface area contributed by atoms with Gasteiger partial charge in [0.05, 0.1) is 17.3 Å². The molecule has 3 rings (SSSR count). The van der Waals surface area contributed by atoms with Crippen molar-refractivity contribution in [3.8, 4) is 0 Å². The summed E-state index contributed by atoms with van der Waals surface area (Å²) in [6.45, 7) is 5.11. The number of carbonyl (C=O) groups is 2. The highest BCUT2D eigenvalue weighted by molar-refractivity contribution is 6.31. The molecule has 0 saturated carbocycles. The minimum Gasteiger partial charge on any atom is -0.344 e. The summed E-state index contributed by atoms with van der Waals surface area (Å²) in [7, 11) is 0. The lowest BCUT2D eigenvalue weighted by Crippen LogP contribution is -2.38. The second kappa shape index (κ2) is 11.1. The van der Waals surface area contributed by atoms with Crippen LogP contribution in [0.1, 0.15) is 61.0 Å². The predicted molar refractivity (Wildman–Crippen MR) is 124 cm³/mol. The summed E-state index contributed by atoms with van der Waals surface area (Å²) >= 11 is 6.41. The molecule has 34 heavy (non-hydrogen) atoms. The van der Waals surface area contributed by atoms with Gasteiger partial charge in [0.2, 0.25) is 11.8 Å². The highest BCUT2D eigenvalue weighted by Crippen LogP contribution is 2.31. The van der Waals surface area contributed by atoms with Gasteiger partial charge in [-0.05, 0) is 43.5 Å². The lowest BCUT2D eigenvalue weighted by atomic mass is 10.0. The number of hydrogen-bond acceptors (Lipinski definition) is 3. The summed E-state index contributed by atoms with van der Waals surface area (Å²) < 4.78 is 41.4. The Kier molecular flexibility index (Phi) is 8.41. The van der Waals surface area contributed by atoms with E-state index in [0.29, 0.717) is 42.3 Å². The van der Waals surface area contributed by atoms with E-state index in [0.717, 1.165) is 25.0 Å². The lowest BCUT2D eigenvalue weighted by Gasteiger charge is -2.25. The largest absolute Gasteiger partial charge is 0.416 e. The molecule has 1 aliphatic rings. The van der Waals surface area contributed by atoms with Crippen molar-refractivity contribution in [1.82, 2.24) is 20.0 Å². The summed E-state index contributed by atoms with van der Waals surface area (Å²) in [6, 6.07) is 4.00. The molecule has 1 saturated heterocycles. The van der Waals surface area contributed by atoms with Gasteiger partial charge in [-0.25, -0.2) is 0 Å². The van der Waals surface area contributed by atoms with Crippen LogP contribution in [0.25, 0.3) is 6.08 Å². The van der Waals surface area contributed by atoms with Gasteiger partial charge in [-0.15, -0.1) is 0 Å². The number of rotatable bonds is 9. The summed E-state index contributed by atoms with van der Waals surface area (Å²) in [5, 5.41) is 7.57. The zero-order valence-electron chi connectivity index (χ0n) is 19.2. The number of likely N-dealkylation sites (tertiary alicyclic amines) is 1. The van der Waals surface area contributed by atoms with Crippen LogP contribution in [0.15, 0.2) is 30.3 Å². The molecule has 1 aromatic heterocycles. The Hall–Kier alpha value is -2.81. The van der Waals surface area contributed by atoms with Gasteiger partial charge < -0.3 is 10.2 Å². The topological polar surface area (TPSA) is 67.2 Å². The van der Waals surface area contributed by atoms with Gasteiger partial charge in [-0.2, -0.15) is 18.3 Å². The van der Waals surface area contributed by atoms with E-state index in [2.05, 4.69) is 17.3 Å². The number of amides is 2. The van der Waals surface area contributed by atoms with Crippen molar-refractivity contribution in [3.63, 3.8) is 0 Å². The van der Waals surface area contributed by atoms with E-state index in [1.54, 1.807) is 22.6 Å². The fourth-order valence-corrected chi connectivity index (χ4v) is 4.20. The Balaban J connectivity index is 1.80. The summed E-state index contributed by atoms with van der Waals surface area (Å²) in [6.07, 6.45) is 1.29. The molecule has 6 nitrogen and oxygen atoms in total. The maximum atomic E-state index is 13.2. The molecule has 10 heteroatoms. The number of carbonyl (C=O) groups excluding carboxylic acids is 2. The van der Waals surface area contributed by atoms with Crippen LogP contribution < -0.4 is 5.32 Å². The van der Waals surface area contributed by atoms with E-state index >= 15 is 0 Å². The average molecular weight is 497 g/mol. The van der Waals surface area contributed by atoms with Crippen LogP contribution in [-0.4, -0.2) is 39.6 Å². The van der Waals surface area contributed by atoms with Crippen LogP contribution in [0.3, 0.4) is 0 Å². The third-order valence-corrected chi connectivity index (χ3v) is 6.14. The van der Waals surface area contributed by atoms with Crippen LogP contribution in [0, 0.1) is 6.92 Å². The molecule has 0 spiro atoms. The van der Waals surface area contributed by atoms with Crippen molar-refractivity contribution in [2.75, 3.05) is 13.1 Å². The molecule has 1 unspecified atom stereocenters. The number of halogens is 4. The van der Waals surface area contributed by atoms with Crippen LogP contribution in [-0.2, 0) is 22.3 Å². The molecule has 0 aliphatic carbocycles. The van der Waals surface area contributed by atoms with E-state index in [4.69, 9.17) is 11.6 Å². The van der Waals surface area contributed by atoms with E-state index < -0.39 is 23.7 Å². The molecule has 0 bridgehead atoms. The third kappa shape index (κ3) is 6.40. The average Bonchev–Trinajstić information content (AvgIpc) is 3.31. The van der Waals surface area contributed by atoms with Crippen molar-refractivity contribution in [1.29, 1.82) is 0 Å². The Morgan fingerprint density at radius 1 is 1.35 bits per heavy atom.